The Balaban J connectivity index is 1.88. The van der Waals surface area contributed by atoms with Gasteiger partial charge in [-0.3, -0.25) is 15.5 Å². The van der Waals surface area contributed by atoms with E-state index in [1.54, 1.807) is 0 Å². The maximum atomic E-state index is 11.6. The van der Waals surface area contributed by atoms with Gasteiger partial charge in [0, 0.05) is 17.0 Å². The summed E-state index contributed by atoms with van der Waals surface area (Å²) < 4.78 is 4.97. The second-order valence-electron chi connectivity index (χ2n) is 3.97. The smallest absolute Gasteiger partial charge is 0.371 e. The van der Waals surface area contributed by atoms with E-state index in [4.69, 9.17) is 16.3 Å². The molecule has 0 aliphatic rings. The van der Waals surface area contributed by atoms with Crippen LogP contribution >= 0.6 is 22.9 Å². The Morgan fingerprint density at radius 2 is 2.09 bits per heavy atom. The molecule has 1 N–H and O–H groups in total. The normalized spacial score (nSPS) is 11.0. The van der Waals surface area contributed by atoms with E-state index in [-0.39, 0.29) is 17.5 Å². The zero-order valence-electron chi connectivity index (χ0n) is 11.1. The van der Waals surface area contributed by atoms with Gasteiger partial charge < -0.3 is 4.74 Å². The molecule has 2 aromatic rings. The van der Waals surface area contributed by atoms with Crippen molar-refractivity contribution < 1.29 is 14.5 Å². The maximum Gasteiger partial charge on any atom is 0.371 e. The lowest BCUT2D eigenvalue weighted by atomic mass is 10.3. The number of halogens is 1. The third-order valence-electron chi connectivity index (χ3n) is 2.46. The summed E-state index contributed by atoms with van der Waals surface area (Å²) in [6, 6.07) is 9.19. The van der Waals surface area contributed by atoms with Gasteiger partial charge in [-0.05, 0) is 23.6 Å². The average Bonchev–Trinajstić information content (AvgIpc) is 3.04. The molecule has 0 unspecified atom stereocenters. The molecule has 7 nitrogen and oxygen atoms in total. The molecule has 0 atom stereocenters. The van der Waals surface area contributed by atoms with E-state index in [2.05, 4.69) is 10.5 Å². The molecule has 0 saturated carbocycles. The quantitative estimate of drug-likeness (QED) is 0.377. The number of anilines is 1. The summed E-state index contributed by atoms with van der Waals surface area (Å²) in [4.78, 5) is 22.5. The van der Waals surface area contributed by atoms with Gasteiger partial charge in [-0.1, -0.05) is 17.7 Å². The van der Waals surface area contributed by atoms with Crippen LogP contribution in [0.1, 0.15) is 4.88 Å². The van der Waals surface area contributed by atoms with Gasteiger partial charge in [0.1, 0.15) is 6.61 Å². The van der Waals surface area contributed by atoms with Gasteiger partial charge >= 0.3 is 5.97 Å². The van der Waals surface area contributed by atoms with Crippen LogP contribution in [-0.2, 0) is 16.1 Å². The largest absolute Gasteiger partial charge is 0.455 e. The second kappa shape index (κ2) is 7.53. The van der Waals surface area contributed by atoms with Crippen molar-refractivity contribution in [3.8, 4) is 0 Å². The molecule has 0 radical (unpaired) electrons. The third kappa shape index (κ3) is 4.54. The molecule has 9 heteroatoms. The highest BCUT2D eigenvalue weighted by Crippen LogP contribution is 2.15. The minimum absolute atomic E-state index is 0.0454. The second-order valence-corrected chi connectivity index (χ2v) is 5.36. The van der Waals surface area contributed by atoms with Crippen molar-refractivity contribution in [3.05, 3.63) is 56.8 Å². The molecule has 114 valence electrons. The number of hydrogen-bond donors (Lipinski definition) is 1. The van der Waals surface area contributed by atoms with Crippen LogP contribution in [0.25, 0.3) is 0 Å². The summed E-state index contributed by atoms with van der Waals surface area (Å²) >= 11 is 7.17. The lowest BCUT2D eigenvalue weighted by Crippen LogP contribution is -2.13. The number of nitrogens with one attached hydrogen (secondary N) is 1. The SMILES string of the molecule is O=C(OCc1cccs1)/C(Cl)=N/Nc1ccc([N+](=O)[O-])cc1. The fourth-order valence-electron chi connectivity index (χ4n) is 1.41. The van der Waals surface area contributed by atoms with Gasteiger partial charge in [0.2, 0.25) is 5.17 Å². The van der Waals surface area contributed by atoms with Crippen LogP contribution in [0.5, 0.6) is 0 Å². The van der Waals surface area contributed by atoms with E-state index in [1.165, 1.54) is 35.6 Å². The summed E-state index contributed by atoms with van der Waals surface area (Å²) in [6.45, 7) is 0.125. The summed E-state index contributed by atoms with van der Waals surface area (Å²) in [7, 11) is 0. The van der Waals surface area contributed by atoms with E-state index in [0.717, 1.165) is 4.88 Å². The van der Waals surface area contributed by atoms with Crippen LogP contribution in [0.3, 0.4) is 0 Å². The number of benzene rings is 1. The third-order valence-corrected chi connectivity index (χ3v) is 3.54. The van der Waals surface area contributed by atoms with Crippen molar-refractivity contribution in [3.63, 3.8) is 0 Å². The number of rotatable bonds is 6. The average molecular weight is 340 g/mol. The number of nitrogens with zero attached hydrogens (tertiary/aromatic N) is 2. The molecule has 2 rings (SSSR count). The Hall–Kier alpha value is -2.45. The molecule has 0 fully saturated rings. The van der Waals surface area contributed by atoms with Gasteiger partial charge in [-0.2, -0.15) is 5.10 Å². The van der Waals surface area contributed by atoms with Gasteiger partial charge in [0.15, 0.2) is 0 Å². The first-order chi connectivity index (χ1) is 10.6. The molecular weight excluding hydrogens is 330 g/mol. The highest BCUT2D eigenvalue weighted by molar-refractivity contribution is 7.09. The van der Waals surface area contributed by atoms with Gasteiger partial charge in [-0.25, -0.2) is 4.79 Å². The molecule has 0 aliphatic heterocycles. The van der Waals surface area contributed by atoms with Crippen LogP contribution in [0, 0.1) is 10.1 Å². The van der Waals surface area contributed by atoms with E-state index in [0.29, 0.717) is 5.69 Å². The minimum Gasteiger partial charge on any atom is -0.455 e. The monoisotopic (exact) mass is 339 g/mol. The first kappa shape index (κ1) is 15.9. The zero-order valence-corrected chi connectivity index (χ0v) is 12.6. The van der Waals surface area contributed by atoms with E-state index < -0.39 is 10.9 Å². The van der Waals surface area contributed by atoms with Crippen LogP contribution in [0.15, 0.2) is 46.9 Å². The summed E-state index contributed by atoms with van der Waals surface area (Å²) in [5, 5.41) is 15.7. The number of nitro benzene ring substituents is 1. The number of hydrogen-bond acceptors (Lipinski definition) is 7. The van der Waals surface area contributed by atoms with Crippen molar-refractivity contribution in [1.82, 2.24) is 0 Å². The van der Waals surface area contributed by atoms with Crippen LogP contribution < -0.4 is 5.43 Å². The fraction of sp³-hybridized carbons (Fsp3) is 0.0769. The first-order valence-corrected chi connectivity index (χ1v) is 7.25. The molecule has 1 heterocycles. The Morgan fingerprint density at radius 1 is 1.36 bits per heavy atom. The molecule has 0 spiro atoms. The van der Waals surface area contributed by atoms with E-state index >= 15 is 0 Å². The Kier molecular flexibility index (Phi) is 5.45. The first-order valence-electron chi connectivity index (χ1n) is 5.99. The number of hydrazone groups is 1. The molecule has 1 aromatic carbocycles. The molecule has 0 aliphatic carbocycles. The standard InChI is InChI=1S/C13H10ClN3O4S/c14-12(13(18)21-8-11-2-1-7-22-11)16-15-9-3-5-10(6-4-9)17(19)20/h1-7,15H,8H2/b16-12-. The highest BCUT2D eigenvalue weighted by atomic mass is 35.5. The van der Waals surface area contributed by atoms with Crippen LogP contribution in [-0.4, -0.2) is 16.1 Å². The molecule has 0 bridgehead atoms. The number of carbonyl (C=O) groups is 1. The zero-order chi connectivity index (χ0) is 15.9. The molecule has 0 amide bonds. The molecular formula is C13H10ClN3O4S. The molecule has 1 aromatic heterocycles. The number of nitro groups is 1. The topological polar surface area (TPSA) is 93.8 Å². The van der Waals surface area contributed by atoms with Crippen molar-refractivity contribution in [2.45, 2.75) is 6.61 Å². The van der Waals surface area contributed by atoms with Gasteiger partial charge in [0.05, 0.1) is 10.6 Å². The minimum atomic E-state index is -0.760. The lowest BCUT2D eigenvalue weighted by Gasteiger charge is -2.03. The number of non-ortho nitro benzene ring substituents is 1. The van der Waals surface area contributed by atoms with Crippen molar-refractivity contribution in [2.24, 2.45) is 5.10 Å². The Morgan fingerprint density at radius 3 is 2.68 bits per heavy atom. The predicted molar refractivity (Wildman–Crippen MR) is 84.1 cm³/mol. The van der Waals surface area contributed by atoms with Gasteiger partial charge in [0.25, 0.3) is 5.69 Å². The van der Waals surface area contributed by atoms with Crippen molar-refractivity contribution in [2.75, 3.05) is 5.43 Å². The van der Waals surface area contributed by atoms with Gasteiger partial charge in [-0.15, -0.1) is 11.3 Å². The lowest BCUT2D eigenvalue weighted by molar-refractivity contribution is -0.384. The number of carbonyl (C=O) groups excluding carboxylic acids is 1. The Bertz CT molecular complexity index is 686. The van der Waals surface area contributed by atoms with E-state index in [9.17, 15) is 14.9 Å². The summed E-state index contributed by atoms with van der Waals surface area (Å²) in [6.07, 6.45) is 0. The highest BCUT2D eigenvalue weighted by Gasteiger charge is 2.11. The van der Waals surface area contributed by atoms with Crippen LogP contribution in [0.2, 0.25) is 0 Å². The fourth-order valence-corrected chi connectivity index (χ4v) is 2.12. The maximum absolute atomic E-state index is 11.6. The number of esters is 1. The van der Waals surface area contributed by atoms with Crippen LogP contribution in [0.4, 0.5) is 11.4 Å². The van der Waals surface area contributed by atoms with Crippen molar-refractivity contribution >= 4 is 45.5 Å². The summed E-state index contributed by atoms with van der Waals surface area (Å²) in [5.41, 5.74) is 2.93. The summed E-state index contributed by atoms with van der Waals surface area (Å²) in [5.74, 6) is -0.760. The van der Waals surface area contributed by atoms with E-state index in [1.807, 2.05) is 17.5 Å². The molecule has 0 saturated heterocycles. The number of thiophene rings is 1. The Labute approximate surface area is 134 Å². The number of ether oxygens (including phenoxy) is 1. The molecule has 22 heavy (non-hydrogen) atoms. The predicted octanol–water partition coefficient (Wildman–Crippen LogP) is 3.36. The van der Waals surface area contributed by atoms with Crippen molar-refractivity contribution in [1.29, 1.82) is 0 Å².